The zero-order valence-corrected chi connectivity index (χ0v) is 13.1. The fraction of sp³-hybridized carbons (Fsp3) is 0.412. The number of halogens is 1. The van der Waals surface area contributed by atoms with Crippen LogP contribution in [-0.4, -0.2) is 6.54 Å². The van der Waals surface area contributed by atoms with E-state index in [0.29, 0.717) is 0 Å². The molecule has 0 spiro atoms. The van der Waals surface area contributed by atoms with Crippen molar-refractivity contribution in [3.8, 4) is 0 Å². The Kier molecular flexibility index (Phi) is 5.27. The fourth-order valence-corrected chi connectivity index (χ4v) is 2.38. The molecule has 0 aliphatic carbocycles. The van der Waals surface area contributed by atoms with Gasteiger partial charge in [0, 0.05) is 11.4 Å². The molecular weight excluding hydrogens is 270 g/mol. The SMILES string of the molecule is CCCNC(c1ccc(Cl)c(C)c1)c1ccc(CC)o1. The van der Waals surface area contributed by atoms with E-state index in [0.717, 1.165) is 41.5 Å². The van der Waals surface area contributed by atoms with Gasteiger partial charge in [-0.15, -0.1) is 0 Å². The van der Waals surface area contributed by atoms with E-state index in [1.807, 2.05) is 13.0 Å². The number of rotatable bonds is 6. The maximum absolute atomic E-state index is 6.12. The summed E-state index contributed by atoms with van der Waals surface area (Å²) >= 11 is 6.12. The van der Waals surface area contributed by atoms with Crippen molar-refractivity contribution in [3.05, 3.63) is 58.0 Å². The second-order valence-electron chi connectivity index (χ2n) is 5.05. The summed E-state index contributed by atoms with van der Waals surface area (Å²) in [5.41, 5.74) is 2.28. The van der Waals surface area contributed by atoms with Gasteiger partial charge in [-0.1, -0.05) is 37.6 Å². The third kappa shape index (κ3) is 3.44. The standard InChI is InChI=1S/C17H22ClNO/c1-4-10-19-17(16-9-7-14(5-2)20-16)13-6-8-15(18)12(3)11-13/h6-9,11,17,19H,4-5,10H2,1-3H3. The highest BCUT2D eigenvalue weighted by Gasteiger charge is 2.17. The van der Waals surface area contributed by atoms with E-state index >= 15 is 0 Å². The van der Waals surface area contributed by atoms with Crippen molar-refractivity contribution in [1.29, 1.82) is 0 Å². The third-order valence-electron chi connectivity index (χ3n) is 3.43. The van der Waals surface area contributed by atoms with Gasteiger partial charge in [0.05, 0.1) is 6.04 Å². The van der Waals surface area contributed by atoms with Crippen molar-refractivity contribution in [2.45, 2.75) is 39.7 Å². The van der Waals surface area contributed by atoms with Gasteiger partial charge in [-0.25, -0.2) is 0 Å². The van der Waals surface area contributed by atoms with Gasteiger partial charge >= 0.3 is 0 Å². The fourth-order valence-electron chi connectivity index (χ4n) is 2.26. The monoisotopic (exact) mass is 291 g/mol. The summed E-state index contributed by atoms with van der Waals surface area (Å²) in [4.78, 5) is 0. The first-order valence-corrected chi connectivity index (χ1v) is 7.61. The first-order chi connectivity index (χ1) is 9.65. The summed E-state index contributed by atoms with van der Waals surface area (Å²) in [6.07, 6.45) is 2.00. The van der Waals surface area contributed by atoms with Crippen LogP contribution in [0.3, 0.4) is 0 Å². The van der Waals surface area contributed by atoms with Gasteiger partial charge in [-0.3, -0.25) is 0 Å². The summed E-state index contributed by atoms with van der Waals surface area (Å²) in [5.74, 6) is 1.99. The van der Waals surface area contributed by atoms with Crippen molar-refractivity contribution in [2.75, 3.05) is 6.54 Å². The van der Waals surface area contributed by atoms with Gasteiger partial charge in [0.2, 0.25) is 0 Å². The largest absolute Gasteiger partial charge is 0.464 e. The number of nitrogens with one attached hydrogen (secondary N) is 1. The molecule has 1 aromatic carbocycles. The Hall–Kier alpha value is -1.25. The van der Waals surface area contributed by atoms with Gasteiger partial charge in [-0.05, 0) is 49.2 Å². The second-order valence-corrected chi connectivity index (χ2v) is 5.46. The number of furan rings is 1. The molecular formula is C17H22ClNO. The lowest BCUT2D eigenvalue weighted by atomic mass is 10.0. The van der Waals surface area contributed by atoms with Crippen LogP contribution in [0, 0.1) is 6.92 Å². The zero-order chi connectivity index (χ0) is 14.5. The summed E-state index contributed by atoms with van der Waals surface area (Å²) in [6.45, 7) is 7.25. The normalized spacial score (nSPS) is 12.6. The topological polar surface area (TPSA) is 25.2 Å². The average molecular weight is 292 g/mol. The highest BCUT2D eigenvalue weighted by atomic mass is 35.5. The predicted molar refractivity (Wildman–Crippen MR) is 84.4 cm³/mol. The van der Waals surface area contributed by atoms with Crippen LogP contribution >= 0.6 is 11.6 Å². The molecule has 0 fully saturated rings. The molecule has 0 bridgehead atoms. The van der Waals surface area contributed by atoms with Gasteiger partial charge in [0.15, 0.2) is 0 Å². The molecule has 0 aliphatic heterocycles. The number of hydrogen-bond acceptors (Lipinski definition) is 2. The molecule has 0 saturated carbocycles. The lowest BCUT2D eigenvalue weighted by Gasteiger charge is -2.17. The smallest absolute Gasteiger partial charge is 0.125 e. The maximum atomic E-state index is 6.12. The molecule has 0 saturated heterocycles. The van der Waals surface area contributed by atoms with Crippen LogP contribution < -0.4 is 5.32 Å². The Morgan fingerprint density at radius 1 is 1.20 bits per heavy atom. The predicted octanol–water partition coefficient (Wildman–Crippen LogP) is 4.89. The van der Waals surface area contributed by atoms with Crippen LogP contribution in [0.15, 0.2) is 34.7 Å². The highest BCUT2D eigenvalue weighted by Crippen LogP contribution is 2.27. The number of hydrogen-bond donors (Lipinski definition) is 1. The minimum Gasteiger partial charge on any atom is -0.464 e. The molecule has 1 atom stereocenters. The van der Waals surface area contributed by atoms with E-state index in [1.165, 1.54) is 5.56 Å². The van der Waals surface area contributed by atoms with Gasteiger partial charge in [0.25, 0.3) is 0 Å². The van der Waals surface area contributed by atoms with Crippen molar-refractivity contribution in [3.63, 3.8) is 0 Å². The van der Waals surface area contributed by atoms with Crippen molar-refractivity contribution < 1.29 is 4.42 Å². The summed E-state index contributed by atoms with van der Waals surface area (Å²) in [6, 6.07) is 10.4. The molecule has 1 heterocycles. The molecule has 1 N–H and O–H groups in total. The molecule has 0 radical (unpaired) electrons. The minimum absolute atomic E-state index is 0.0891. The van der Waals surface area contributed by atoms with Crippen molar-refractivity contribution in [2.24, 2.45) is 0 Å². The van der Waals surface area contributed by atoms with Crippen molar-refractivity contribution >= 4 is 11.6 Å². The van der Waals surface area contributed by atoms with E-state index in [1.54, 1.807) is 0 Å². The Labute approximate surface area is 126 Å². The summed E-state index contributed by atoms with van der Waals surface area (Å²) in [5, 5.41) is 4.35. The summed E-state index contributed by atoms with van der Waals surface area (Å²) < 4.78 is 5.92. The molecule has 0 amide bonds. The van der Waals surface area contributed by atoms with Crippen LogP contribution in [0.25, 0.3) is 0 Å². The molecule has 1 aromatic heterocycles. The van der Waals surface area contributed by atoms with Gasteiger partial charge in [-0.2, -0.15) is 0 Å². The van der Waals surface area contributed by atoms with Crippen LogP contribution in [-0.2, 0) is 6.42 Å². The third-order valence-corrected chi connectivity index (χ3v) is 3.85. The lowest BCUT2D eigenvalue weighted by molar-refractivity contribution is 0.422. The van der Waals surface area contributed by atoms with Gasteiger partial charge in [0.1, 0.15) is 11.5 Å². The van der Waals surface area contributed by atoms with E-state index in [-0.39, 0.29) is 6.04 Å². The molecule has 2 nitrogen and oxygen atoms in total. The molecule has 1 unspecified atom stereocenters. The van der Waals surface area contributed by atoms with E-state index in [9.17, 15) is 0 Å². The summed E-state index contributed by atoms with van der Waals surface area (Å²) in [7, 11) is 0. The number of benzene rings is 1. The average Bonchev–Trinajstić information content (AvgIpc) is 2.92. The Bertz CT molecular complexity index is 562. The molecule has 3 heteroatoms. The van der Waals surface area contributed by atoms with E-state index in [4.69, 9.17) is 16.0 Å². The molecule has 2 rings (SSSR count). The van der Waals surface area contributed by atoms with Crippen LogP contribution in [0.4, 0.5) is 0 Å². The van der Waals surface area contributed by atoms with Crippen LogP contribution in [0.1, 0.15) is 49.0 Å². The van der Waals surface area contributed by atoms with Gasteiger partial charge < -0.3 is 9.73 Å². The minimum atomic E-state index is 0.0891. The maximum Gasteiger partial charge on any atom is 0.125 e. The number of aryl methyl sites for hydroxylation is 2. The van der Waals surface area contributed by atoms with E-state index < -0.39 is 0 Å². The second kappa shape index (κ2) is 6.96. The molecule has 2 aromatic rings. The van der Waals surface area contributed by atoms with Crippen LogP contribution in [0.2, 0.25) is 5.02 Å². The van der Waals surface area contributed by atoms with Crippen LogP contribution in [0.5, 0.6) is 0 Å². The van der Waals surface area contributed by atoms with E-state index in [2.05, 4.69) is 43.4 Å². The lowest BCUT2D eigenvalue weighted by Crippen LogP contribution is -2.22. The molecule has 0 aliphatic rings. The Morgan fingerprint density at radius 2 is 2.00 bits per heavy atom. The first kappa shape index (κ1) is 15.1. The zero-order valence-electron chi connectivity index (χ0n) is 12.4. The molecule has 108 valence electrons. The quantitative estimate of drug-likeness (QED) is 0.819. The molecule has 20 heavy (non-hydrogen) atoms. The Balaban J connectivity index is 2.32. The Morgan fingerprint density at radius 3 is 2.60 bits per heavy atom. The van der Waals surface area contributed by atoms with Crippen molar-refractivity contribution in [1.82, 2.24) is 5.32 Å². The highest BCUT2D eigenvalue weighted by molar-refractivity contribution is 6.31. The first-order valence-electron chi connectivity index (χ1n) is 7.23.